The first-order chi connectivity index (χ1) is 8.59. The predicted octanol–water partition coefficient (Wildman–Crippen LogP) is 2.35. The van der Waals surface area contributed by atoms with Gasteiger partial charge in [-0.3, -0.25) is 0 Å². The highest BCUT2D eigenvalue weighted by atomic mass is 32.2. The maximum absolute atomic E-state index is 10.8. The topological polar surface area (TPSA) is 69.4 Å². The Morgan fingerprint density at radius 1 is 1.26 bits per heavy atom. The number of benzene rings is 1. The highest BCUT2D eigenvalue weighted by molar-refractivity contribution is 7.89. The first-order valence-corrected chi connectivity index (χ1v) is 8.05. The number of nitrogens with two attached hydrogens (primary N) is 1. The number of ether oxygens (including phenoxy) is 1. The van der Waals surface area contributed by atoms with Gasteiger partial charge in [-0.25, -0.2) is 13.6 Å². The summed E-state index contributed by atoms with van der Waals surface area (Å²) >= 11 is 0. The van der Waals surface area contributed by atoms with Gasteiger partial charge in [-0.1, -0.05) is 32.9 Å². The molecule has 0 fully saturated rings. The van der Waals surface area contributed by atoms with Gasteiger partial charge in [-0.15, -0.1) is 0 Å². The molecule has 4 nitrogen and oxygen atoms in total. The molecule has 0 aromatic heterocycles. The monoisotopic (exact) mass is 285 g/mol. The zero-order valence-electron chi connectivity index (χ0n) is 12.1. The first kappa shape index (κ1) is 16.0. The third-order valence-electron chi connectivity index (χ3n) is 2.87. The van der Waals surface area contributed by atoms with E-state index in [9.17, 15) is 8.42 Å². The summed E-state index contributed by atoms with van der Waals surface area (Å²) in [6.45, 7) is 8.83. The Hall–Kier alpha value is -1.07. The number of aryl methyl sites for hydroxylation is 1. The second-order valence-electron chi connectivity index (χ2n) is 5.80. The van der Waals surface area contributed by atoms with E-state index in [1.54, 1.807) is 0 Å². The van der Waals surface area contributed by atoms with Gasteiger partial charge in [0.25, 0.3) is 0 Å². The minimum atomic E-state index is -3.39. The van der Waals surface area contributed by atoms with Crippen LogP contribution in [0.15, 0.2) is 18.2 Å². The van der Waals surface area contributed by atoms with Crippen LogP contribution < -0.4 is 9.88 Å². The predicted molar refractivity (Wildman–Crippen MR) is 78.0 cm³/mol. The Morgan fingerprint density at radius 2 is 1.89 bits per heavy atom. The molecule has 0 aliphatic rings. The van der Waals surface area contributed by atoms with Crippen molar-refractivity contribution in [3.8, 4) is 5.75 Å². The van der Waals surface area contributed by atoms with Gasteiger partial charge in [0.05, 0.1) is 12.4 Å². The fourth-order valence-corrected chi connectivity index (χ4v) is 2.24. The van der Waals surface area contributed by atoms with Crippen LogP contribution in [-0.4, -0.2) is 20.8 Å². The molecule has 5 heteroatoms. The van der Waals surface area contributed by atoms with E-state index in [0.717, 1.165) is 11.3 Å². The van der Waals surface area contributed by atoms with Crippen molar-refractivity contribution in [2.45, 2.75) is 39.5 Å². The van der Waals surface area contributed by atoms with Crippen LogP contribution in [0.2, 0.25) is 0 Å². The van der Waals surface area contributed by atoms with Gasteiger partial charge in [0.15, 0.2) is 0 Å². The molecular weight excluding hydrogens is 262 g/mol. The molecular formula is C14H23NO3S. The van der Waals surface area contributed by atoms with Crippen LogP contribution in [0.4, 0.5) is 0 Å². The minimum absolute atomic E-state index is 0.0495. The Morgan fingerprint density at radius 3 is 2.37 bits per heavy atom. The van der Waals surface area contributed by atoms with Gasteiger partial charge >= 0.3 is 0 Å². The number of hydrogen-bond acceptors (Lipinski definition) is 3. The maximum atomic E-state index is 10.8. The van der Waals surface area contributed by atoms with E-state index in [1.165, 1.54) is 5.56 Å². The van der Waals surface area contributed by atoms with Crippen molar-refractivity contribution in [2.24, 2.45) is 5.14 Å². The molecule has 0 unspecified atom stereocenters. The average Bonchev–Trinajstić information content (AvgIpc) is 2.23. The summed E-state index contributed by atoms with van der Waals surface area (Å²) in [5.74, 6) is 0.744. The summed E-state index contributed by atoms with van der Waals surface area (Å²) in [6.07, 6.45) is 0.402. The van der Waals surface area contributed by atoms with Crippen molar-refractivity contribution >= 4 is 10.0 Å². The van der Waals surface area contributed by atoms with Crippen molar-refractivity contribution < 1.29 is 13.2 Å². The number of hydrogen-bond donors (Lipinski definition) is 1. The van der Waals surface area contributed by atoms with Crippen molar-refractivity contribution in [1.29, 1.82) is 0 Å². The number of sulfonamides is 1. The van der Waals surface area contributed by atoms with Gasteiger partial charge in [0, 0.05) is 0 Å². The second kappa shape index (κ2) is 5.92. The molecule has 0 saturated heterocycles. The summed E-state index contributed by atoms with van der Waals surface area (Å²) < 4.78 is 27.2. The molecule has 0 saturated carbocycles. The Kier molecular flexibility index (Phi) is 4.98. The normalized spacial score (nSPS) is 12.5. The summed E-state index contributed by atoms with van der Waals surface area (Å²) in [7, 11) is -3.39. The SMILES string of the molecule is Cc1cc(C(C)(C)C)ccc1OCCCS(N)(=O)=O. The largest absolute Gasteiger partial charge is 0.493 e. The van der Waals surface area contributed by atoms with Crippen molar-refractivity contribution in [2.75, 3.05) is 12.4 Å². The average molecular weight is 285 g/mol. The summed E-state index contributed by atoms with van der Waals surface area (Å²) in [5.41, 5.74) is 2.42. The smallest absolute Gasteiger partial charge is 0.209 e. The van der Waals surface area contributed by atoms with Crippen molar-refractivity contribution in [3.05, 3.63) is 29.3 Å². The highest BCUT2D eigenvalue weighted by Gasteiger charge is 2.14. The molecule has 2 N–H and O–H groups in total. The van der Waals surface area contributed by atoms with Gasteiger partial charge < -0.3 is 4.74 Å². The Labute approximate surface area is 116 Å². The van der Waals surface area contributed by atoms with E-state index in [1.807, 2.05) is 19.1 Å². The third-order valence-corrected chi connectivity index (χ3v) is 3.73. The van der Waals surface area contributed by atoms with E-state index < -0.39 is 10.0 Å². The summed E-state index contributed by atoms with van der Waals surface area (Å²) in [4.78, 5) is 0. The first-order valence-electron chi connectivity index (χ1n) is 6.34. The molecule has 1 aromatic carbocycles. The van der Waals surface area contributed by atoms with Gasteiger partial charge in [0.1, 0.15) is 5.75 Å². The third kappa shape index (κ3) is 5.61. The van der Waals surface area contributed by atoms with Crippen LogP contribution in [0.3, 0.4) is 0 Å². The van der Waals surface area contributed by atoms with Crippen LogP contribution in [0.25, 0.3) is 0 Å². The van der Waals surface area contributed by atoms with Gasteiger partial charge in [-0.05, 0) is 36.0 Å². The van der Waals surface area contributed by atoms with E-state index in [-0.39, 0.29) is 11.2 Å². The quantitative estimate of drug-likeness (QED) is 0.844. The number of rotatable bonds is 5. The van der Waals surface area contributed by atoms with E-state index in [4.69, 9.17) is 9.88 Å². The van der Waals surface area contributed by atoms with Crippen LogP contribution >= 0.6 is 0 Å². The fraction of sp³-hybridized carbons (Fsp3) is 0.571. The summed E-state index contributed by atoms with van der Waals surface area (Å²) in [5, 5.41) is 4.93. The molecule has 1 aromatic rings. The lowest BCUT2D eigenvalue weighted by atomic mass is 9.86. The van der Waals surface area contributed by atoms with Gasteiger partial charge in [-0.2, -0.15) is 0 Å². The fourth-order valence-electron chi connectivity index (χ4n) is 1.72. The molecule has 0 aliphatic carbocycles. The van der Waals surface area contributed by atoms with Gasteiger partial charge in [0.2, 0.25) is 10.0 Å². The lowest BCUT2D eigenvalue weighted by Gasteiger charge is -2.20. The zero-order valence-corrected chi connectivity index (χ0v) is 12.9. The van der Waals surface area contributed by atoms with E-state index >= 15 is 0 Å². The summed E-state index contributed by atoms with van der Waals surface area (Å²) in [6, 6.07) is 6.09. The Balaban J connectivity index is 2.61. The maximum Gasteiger partial charge on any atom is 0.209 e. The zero-order chi connectivity index (χ0) is 14.7. The highest BCUT2D eigenvalue weighted by Crippen LogP contribution is 2.27. The van der Waals surface area contributed by atoms with E-state index in [0.29, 0.717) is 13.0 Å². The lowest BCUT2D eigenvalue weighted by molar-refractivity contribution is 0.315. The van der Waals surface area contributed by atoms with Crippen molar-refractivity contribution in [1.82, 2.24) is 0 Å². The molecule has 0 bridgehead atoms. The lowest BCUT2D eigenvalue weighted by Crippen LogP contribution is -2.18. The second-order valence-corrected chi connectivity index (χ2v) is 7.53. The molecule has 0 heterocycles. The van der Waals surface area contributed by atoms with Crippen LogP contribution in [-0.2, 0) is 15.4 Å². The molecule has 0 radical (unpaired) electrons. The number of primary sulfonamides is 1. The molecule has 1 rings (SSSR count). The molecule has 0 amide bonds. The standard InChI is InChI=1S/C14H23NO3S/c1-11-10-12(14(2,3)4)6-7-13(11)18-8-5-9-19(15,16)17/h6-7,10H,5,8-9H2,1-4H3,(H2,15,16,17). The molecule has 108 valence electrons. The molecule has 0 atom stereocenters. The molecule has 0 aliphatic heterocycles. The molecule has 0 spiro atoms. The van der Waals surface area contributed by atoms with Crippen LogP contribution in [0.5, 0.6) is 5.75 Å². The van der Waals surface area contributed by atoms with Crippen molar-refractivity contribution in [3.63, 3.8) is 0 Å². The van der Waals surface area contributed by atoms with Crippen LogP contribution in [0.1, 0.15) is 38.3 Å². The minimum Gasteiger partial charge on any atom is -0.493 e. The van der Waals surface area contributed by atoms with Crippen LogP contribution in [0, 0.1) is 6.92 Å². The molecule has 19 heavy (non-hydrogen) atoms. The van der Waals surface area contributed by atoms with E-state index in [2.05, 4.69) is 26.8 Å². The Bertz CT molecular complexity index is 530.